The zero-order valence-electron chi connectivity index (χ0n) is 19.9. The summed E-state index contributed by atoms with van der Waals surface area (Å²) in [5.41, 5.74) is 1.04. The Labute approximate surface area is 206 Å². The maximum atomic E-state index is 13.1. The SMILES string of the molecule is COC(=O)C1=C(C)NC(C)=C(C(=O)OCCO[C@H]2OC[C@@H](O)[C@H](O)[C@H]2O)C1c1cccc([N+](=O)[O-])c1. The number of rotatable bonds is 8. The molecule has 4 N–H and O–H groups in total. The molecule has 2 heterocycles. The molecule has 0 aliphatic carbocycles. The fourth-order valence-electron chi connectivity index (χ4n) is 4.10. The summed E-state index contributed by atoms with van der Waals surface area (Å²) >= 11 is 0. The van der Waals surface area contributed by atoms with Crippen molar-refractivity contribution in [1.29, 1.82) is 0 Å². The molecule has 1 aromatic carbocycles. The third kappa shape index (κ3) is 5.71. The lowest BCUT2D eigenvalue weighted by Crippen LogP contribution is -2.53. The van der Waals surface area contributed by atoms with Crippen molar-refractivity contribution < 1.29 is 48.8 Å². The number of aliphatic hydroxyl groups is 3. The summed E-state index contributed by atoms with van der Waals surface area (Å²) in [4.78, 5) is 36.5. The number of nitrogens with zero attached hydrogens (tertiary/aromatic N) is 1. The first-order chi connectivity index (χ1) is 17.1. The maximum absolute atomic E-state index is 13.1. The van der Waals surface area contributed by atoms with Crippen molar-refractivity contribution in [1.82, 2.24) is 5.32 Å². The highest BCUT2D eigenvalue weighted by Crippen LogP contribution is 2.40. The Balaban J connectivity index is 1.80. The van der Waals surface area contributed by atoms with E-state index in [4.69, 9.17) is 18.9 Å². The quantitative estimate of drug-likeness (QED) is 0.160. The van der Waals surface area contributed by atoms with E-state index in [0.29, 0.717) is 17.0 Å². The zero-order valence-corrected chi connectivity index (χ0v) is 19.9. The first-order valence-electron chi connectivity index (χ1n) is 11.0. The van der Waals surface area contributed by atoms with Crippen LogP contribution in [0.25, 0.3) is 0 Å². The predicted octanol–water partition coefficient (Wildman–Crippen LogP) is 0.00140. The Morgan fingerprint density at radius 2 is 1.78 bits per heavy atom. The van der Waals surface area contributed by atoms with E-state index < -0.39 is 47.4 Å². The van der Waals surface area contributed by atoms with Gasteiger partial charge in [-0.15, -0.1) is 0 Å². The predicted molar refractivity (Wildman–Crippen MR) is 121 cm³/mol. The van der Waals surface area contributed by atoms with E-state index in [9.17, 15) is 35.0 Å². The minimum atomic E-state index is -1.49. The number of hydrogen-bond donors (Lipinski definition) is 4. The molecule has 13 heteroatoms. The molecule has 0 aromatic heterocycles. The van der Waals surface area contributed by atoms with Gasteiger partial charge in [0.1, 0.15) is 24.9 Å². The minimum Gasteiger partial charge on any atom is -0.466 e. The van der Waals surface area contributed by atoms with Crippen molar-refractivity contribution in [2.75, 3.05) is 26.9 Å². The van der Waals surface area contributed by atoms with Crippen molar-refractivity contribution in [3.8, 4) is 0 Å². The molecule has 36 heavy (non-hydrogen) atoms. The number of carbonyl (C=O) groups excluding carboxylic acids is 2. The second-order valence-corrected chi connectivity index (χ2v) is 8.24. The highest BCUT2D eigenvalue weighted by atomic mass is 16.7. The van der Waals surface area contributed by atoms with Gasteiger partial charge in [0.05, 0.1) is 42.3 Å². The summed E-state index contributed by atoms with van der Waals surface area (Å²) in [7, 11) is 1.19. The second kappa shape index (κ2) is 11.6. The van der Waals surface area contributed by atoms with Gasteiger partial charge in [0.15, 0.2) is 6.29 Å². The van der Waals surface area contributed by atoms with Gasteiger partial charge in [-0.3, -0.25) is 10.1 Å². The van der Waals surface area contributed by atoms with Crippen molar-refractivity contribution in [3.05, 3.63) is 62.5 Å². The van der Waals surface area contributed by atoms with Gasteiger partial charge in [-0.1, -0.05) is 12.1 Å². The molecule has 0 spiro atoms. The number of methoxy groups -OCH3 is 1. The summed E-state index contributed by atoms with van der Waals surface area (Å²) < 4.78 is 20.7. The Bertz CT molecular complexity index is 1080. The van der Waals surface area contributed by atoms with Crippen molar-refractivity contribution >= 4 is 17.6 Å². The number of non-ortho nitro benzene ring substituents is 1. The van der Waals surface area contributed by atoms with Gasteiger partial charge in [-0.2, -0.15) is 0 Å². The van der Waals surface area contributed by atoms with E-state index in [1.54, 1.807) is 19.9 Å². The van der Waals surface area contributed by atoms with Gasteiger partial charge in [0.2, 0.25) is 0 Å². The van der Waals surface area contributed by atoms with E-state index >= 15 is 0 Å². The summed E-state index contributed by atoms with van der Waals surface area (Å²) in [6, 6.07) is 5.58. The topological polar surface area (TPSA) is 187 Å². The van der Waals surface area contributed by atoms with Gasteiger partial charge in [-0.05, 0) is 19.4 Å². The monoisotopic (exact) mass is 508 g/mol. The Hall–Kier alpha value is -3.36. The molecule has 3 rings (SSSR count). The second-order valence-electron chi connectivity index (χ2n) is 8.24. The molecule has 0 saturated carbocycles. The van der Waals surface area contributed by atoms with E-state index in [1.807, 2.05) is 0 Å². The maximum Gasteiger partial charge on any atom is 0.336 e. The largest absolute Gasteiger partial charge is 0.466 e. The van der Waals surface area contributed by atoms with Crippen molar-refractivity contribution in [2.24, 2.45) is 0 Å². The summed E-state index contributed by atoms with van der Waals surface area (Å²) in [6.45, 7) is 2.49. The van der Waals surface area contributed by atoms with Crippen LogP contribution in [-0.2, 0) is 28.5 Å². The average molecular weight is 508 g/mol. The molecule has 1 unspecified atom stereocenters. The number of ether oxygens (including phenoxy) is 4. The van der Waals surface area contributed by atoms with Gasteiger partial charge >= 0.3 is 11.9 Å². The first kappa shape index (κ1) is 27.2. The van der Waals surface area contributed by atoms with Crippen LogP contribution in [0.5, 0.6) is 0 Å². The lowest BCUT2D eigenvalue weighted by molar-refractivity contribution is -0.384. The number of aliphatic hydroxyl groups excluding tert-OH is 3. The average Bonchev–Trinajstić information content (AvgIpc) is 2.85. The van der Waals surface area contributed by atoms with Crippen LogP contribution in [0.4, 0.5) is 5.69 Å². The highest BCUT2D eigenvalue weighted by molar-refractivity contribution is 5.99. The van der Waals surface area contributed by atoms with Gasteiger partial charge < -0.3 is 39.6 Å². The van der Waals surface area contributed by atoms with Crippen LogP contribution in [0.2, 0.25) is 0 Å². The third-order valence-electron chi connectivity index (χ3n) is 5.85. The Kier molecular flexibility index (Phi) is 8.76. The van der Waals surface area contributed by atoms with E-state index in [0.717, 1.165) is 0 Å². The molecular formula is C23H28N2O11. The summed E-state index contributed by atoms with van der Waals surface area (Å²) in [5, 5.41) is 43.4. The van der Waals surface area contributed by atoms with Gasteiger partial charge in [-0.25, -0.2) is 9.59 Å². The molecule has 196 valence electrons. The zero-order chi connectivity index (χ0) is 26.6. The van der Waals surface area contributed by atoms with Crippen LogP contribution < -0.4 is 5.32 Å². The number of dihydropyridines is 1. The molecule has 5 atom stereocenters. The standard InChI is InChI=1S/C23H28N2O11/c1-11-16(21(29)33-3)18(13-5-4-6-14(9-13)25(31)32)17(12(2)24-11)22(30)34-7-8-35-23-20(28)19(27)15(26)10-36-23/h4-6,9,15,18-20,23-24,26-28H,7-8,10H2,1-3H3/t15-,18?,19+,20-,23+/m1/s1. The lowest BCUT2D eigenvalue weighted by Gasteiger charge is -2.34. The van der Waals surface area contributed by atoms with Crippen LogP contribution in [0.3, 0.4) is 0 Å². The first-order valence-corrected chi connectivity index (χ1v) is 11.0. The highest BCUT2D eigenvalue weighted by Gasteiger charge is 2.39. The summed E-state index contributed by atoms with van der Waals surface area (Å²) in [6.07, 6.45) is -5.42. The molecule has 2 aliphatic rings. The van der Waals surface area contributed by atoms with E-state index in [-0.39, 0.29) is 36.7 Å². The molecule has 2 aliphatic heterocycles. The fourth-order valence-corrected chi connectivity index (χ4v) is 4.10. The Morgan fingerprint density at radius 3 is 2.42 bits per heavy atom. The van der Waals surface area contributed by atoms with Crippen LogP contribution >= 0.6 is 0 Å². The number of hydrogen-bond acceptors (Lipinski definition) is 12. The number of carbonyl (C=O) groups is 2. The molecule has 0 bridgehead atoms. The molecular weight excluding hydrogens is 480 g/mol. The van der Waals surface area contributed by atoms with Crippen LogP contribution in [0.15, 0.2) is 46.8 Å². The number of esters is 2. The molecule has 13 nitrogen and oxygen atoms in total. The minimum absolute atomic E-state index is 0.0500. The van der Waals surface area contributed by atoms with Gasteiger partial charge in [0.25, 0.3) is 5.69 Å². The van der Waals surface area contributed by atoms with Crippen molar-refractivity contribution in [2.45, 2.75) is 44.4 Å². The number of nitro benzene ring substituents is 1. The lowest BCUT2D eigenvalue weighted by atomic mass is 9.80. The van der Waals surface area contributed by atoms with Crippen LogP contribution in [0, 0.1) is 10.1 Å². The number of nitrogens with one attached hydrogen (secondary N) is 1. The molecule has 1 saturated heterocycles. The van der Waals surface area contributed by atoms with Gasteiger partial charge in [0, 0.05) is 23.5 Å². The van der Waals surface area contributed by atoms with E-state index in [1.165, 1.54) is 25.3 Å². The molecule has 0 radical (unpaired) electrons. The fraction of sp³-hybridized carbons (Fsp3) is 0.478. The van der Waals surface area contributed by atoms with E-state index in [2.05, 4.69) is 5.32 Å². The number of benzene rings is 1. The van der Waals surface area contributed by atoms with Crippen LogP contribution in [-0.4, -0.2) is 83.7 Å². The molecule has 1 fully saturated rings. The molecule has 1 aromatic rings. The third-order valence-corrected chi connectivity index (χ3v) is 5.85. The molecule has 0 amide bonds. The number of allylic oxidation sites excluding steroid dienone is 2. The smallest absolute Gasteiger partial charge is 0.336 e. The summed E-state index contributed by atoms with van der Waals surface area (Å²) in [5.74, 6) is -2.54. The number of nitro groups is 1. The van der Waals surface area contributed by atoms with Crippen molar-refractivity contribution in [3.63, 3.8) is 0 Å². The van der Waals surface area contributed by atoms with Crippen LogP contribution in [0.1, 0.15) is 25.3 Å². The normalized spacial score (nSPS) is 26.3. The Morgan fingerprint density at radius 1 is 1.11 bits per heavy atom.